The Bertz CT molecular complexity index is 911. The molecular weight excluding hydrogens is 360 g/mol. The van der Waals surface area contributed by atoms with Crippen LogP contribution < -0.4 is 16.5 Å². The van der Waals surface area contributed by atoms with E-state index in [1.54, 1.807) is 48.5 Å². The number of benzene rings is 2. The summed E-state index contributed by atoms with van der Waals surface area (Å²) < 4.78 is 4.56. The van der Waals surface area contributed by atoms with Crippen LogP contribution in [0, 0.1) is 0 Å². The number of aromatic nitrogens is 2. The SMILES string of the molecule is Nc1nonc1C(=Nc1ccccc1)NOC(=O)Nc1ccc(Cl)cc1. The fourth-order valence-electron chi connectivity index (χ4n) is 1.89. The third-order valence-corrected chi connectivity index (χ3v) is 3.32. The molecule has 4 N–H and O–H groups in total. The molecule has 132 valence electrons. The van der Waals surface area contributed by atoms with Gasteiger partial charge in [0.15, 0.2) is 17.3 Å². The lowest BCUT2D eigenvalue weighted by molar-refractivity contribution is 0.135. The molecule has 0 fully saturated rings. The van der Waals surface area contributed by atoms with E-state index in [2.05, 4.69) is 30.7 Å². The van der Waals surface area contributed by atoms with E-state index in [0.717, 1.165) is 0 Å². The van der Waals surface area contributed by atoms with Crippen LogP contribution in [0.3, 0.4) is 0 Å². The van der Waals surface area contributed by atoms with Gasteiger partial charge in [-0.15, -0.1) is 0 Å². The van der Waals surface area contributed by atoms with Gasteiger partial charge >= 0.3 is 6.09 Å². The molecule has 0 saturated carbocycles. The van der Waals surface area contributed by atoms with Crippen molar-refractivity contribution in [1.82, 2.24) is 15.8 Å². The zero-order chi connectivity index (χ0) is 18.4. The smallest absolute Gasteiger partial charge is 0.379 e. The summed E-state index contributed by atoms with van der Waals surface area (Å²) in [6, 6.07) is 15.5. The molecule has 2 aromatic carbocycles. The maximum absolute atomic E-state index is 11.9. The summed E-state index contributed by atoms with van der Waals surface area (Å²) in [6.45, 7) is 0. The molecule has 1 amide bonds. The summed E-state index contributed by atoms with van der Waals surface area (Å²) in [5.74, 6) is 0.0510. The van der Waals surface area contributed by atoms with Crippen molar-refractivity contribution < 1.29 is 14.3 Å². The molecular formula is C16H13ClN6O3. The number of rotatable bonds is 3. The summed E-state index contributed by atoms with van der Waals surface area (Å²) in [6.07, 6.45) is -0.775. The predicted octanol–water partition coefficient (Wildman–Crippen LogP) is 3.14. The third kappa shape index (κ3) is 4.48. The number of para-hydroxylation sites is 1. The van der Waals surface area contributed by atoms with Gasteiger partial charge in [-0.1, -0.05) is 29.8 Å². The number of aliphatic imine (C=N–C) groups is 1. The van der Waals surface area contributed by atoms with Crippen LogP contribution in [0.1, 0.15) is 5.69 Å². The minimum Gasteiger partial charge on any atom is -0.379 e. The van der Waals surface area contributed by atoms with Crippen molar-refractivity contribution in [3.8, 4) is 0 Å². The number of amides is 1. The number of amidine groups is 1. The number of hydrogen-bond donors (Lipinski definition) is 3. The van der Waals surface area contributed by atoms with Gasteiger partial charge in [-0.25, -0.2) is 14.4 Å². The number of nitrogen functional groups attached to an aromatic ring is 1. The second-order valence-electron chi connectivity index (χ2n) is 4.92. The number of nitrogens with two attached hydrogens (primary N) is 1. The second-order valence-corrected chi connectivity index (χ2v) is 5.35. The van der Waals surface area contributed by atoms with Gasteiger partial charge in [0.05, 0.1) is 5.69 Å². The van der Waals surface area contributed by atoms with E-state index in [4.69, 9.17) is 22.2 Å². The van der Waals surface area contributed by atoms with E-state index < -0.39 is 6.09 Å². The van der Waals surface area contributed by atoms with Crippen LogP contribution in [-0.2, 0) is 4.84 Å². The van der Waals surface area contributed by atoms with Crippen LogP contribution in [0.5, 0.6) is 0 Å². The predicted molar refractivity (Wildman–Crippen MR) is 96.0 cm³/mol. The standard InChI is InChI=1S/C16H13ClN6O3/c17-10-6-8-12(9-7-10)20-16(24)25-23-15(13-14(18)22-26-21-13)19-11-4-2-1-3-5-11/h1-9H,(H2,18,22)(H,19,23)(H,20,24). The van der Waals surface area contributed by atoms with Gasteiger partial charge < -0.3 is 10.6 Å². The largest absolute Gasteiger partial charge is 0.435 e. The van der Waals surface area contributed by atoms with Crippen molar-refractivity contribution >= 4 is 40.7 Å². The highest BCUT2D eigenvalue weighted by atomic mass is 35.5. The lowest BCUT2D eigenvalue weighted by Crippen LogP contribution is -2.31. The number of nitrogens with zero attached hydrogens (tertiary/aromatic N) is 3. The first kappa shape index (κ1) is 17.2. The second kappa shape index (κ2) is 7.99. The Hall–Kier alpha value is -3.59. The molecule has 0 aliphatic carbocycles. The fraction of sp³-hybridized carbons (Fsp3) is 0. The summed E-state index contributed by atoms with van der Waals surface area (Å²) in [7, 11) is 0. The Balaban J connectivity index is 1.72. The molecule has 0 aliphatic heterocycles. The molecule has 26 heavy (non-hydrogen) atoms. The molecule has 1 aromatic heterocycles. The number of hydroxylamine groups is 1. The Morgan fingerprint density at radius 1 is 1.12 bits per heavy atom. The van der Waals surface area contributed by atoms with Gasteiger partial charge in [0.25, 0.3) is 0 Å². The van der Waals surface area contributed by atoms with Crippen LogP contribution in [-0.4, -0.2) is 22.2 Å². The molecule has 9 nitrogen and oxygen atoms in total. The van der Waals surface area contributed by atoms with Crippen molar-refractivity contribution in [3.05, 3.63) is 65.3 Å². The summed E-state index contributed by atoms with van der Waals surface area (Å²) >= 11 is 5.79. The van der Waals surface area contributed by atoms with E-state index in [0.29, 0.717) is 16.4 Å². The average Bonchev–Trinajstić information content (AvgIpc) is 3.07. The molecule has 0 radical (unpaired) electrons. The molecule has 10 heteroatoms. The Kier molecular flexibility index (Phi) is 5.30. The van der Waals surface area contributed by atoms with Gasteiger partial charge in [-0.05, 0) is 46.7 Å². The quantitative estimate of drug-likeness (QED) is 0.366. The van der Waals surface area contributed by atoms with Crippen LogP contribution in [0.15, 0.2) is 64.2 Å². The van der Waals surface area contributed by atoms with Crippen LogP contribution in [0.25, 0.3) is 0 Å². The lowest BCUT2D eigenvalue weighted by Gasteiger charge is -2.09. The first-order valence-electron chi connectivity index (χ1n) is 7.33. The van der Waals surface area contributed by atoms with Crippen molar-refractivity contribution in [2.45, 2.75) is 0 Å². The first-order chi connectivity index (χ1) is 12.6. The zero-order valence-corrected chi connectivity index (χ0v) is 14.0. The molecule has 3 rings (SSSR count). The van der Waals surface area contributed by atoms with Crippen LogP contribution in [0.2, 0.25) is 5.02 Å². The van der Waals surface area contributed by atoms with E-state index in [-0.39, 0.29) is 17.3 Å². The number of carbonyl (C=O) groups excluding carboxylic acids is 1. The van der Waals surface area contributed by atoms with Gasteiger partial charge in [-0.3, -0.25) is 5.32 Å². The maximum atomic E-state index is 11.9. The number of carbonyl (C=O) groups is 1. The Morgan fingerprint density at radius 3 is 2.50 bits per heavy atom. The van der Waals surface area contributed by atoms with E-state index in [9.17, 15) is 4.79 Å². The molecule has 1 heterocycles. The summed E-state index contributed by atoms with van der Waals surface area (Å²) in [4.78, 5) is 21.2. The molecule has 0 aliphatic rings. The van der Waals surface area contributed by atoms with Crippen LogP contribution >= 0.6 is 11.6 Å². The van der Waals surface area contributed by atoms with Gasteiger partial charge in [0.1, 0.15) is 0 Å². The van der Waals surface area contributed by atoms with Crippen LogP contribution in [0.4, 0.5) is 22.0 Å². The monoisotopic (exact) mass is 372 g/mol. The number of anilines is 2. The summed E-state index contributed by atoms with van der Waals surface area (Å²) in [5, 5.41) is 10.2. The number of halogens is 1. The molecule has 3 aromatic rings. The van der Waals surface area contributed by atoms with E-state index in [1.807, 2.05) is 6.07 Å². The third-order valence-electron chi connectivity index (χ3n) is 3.07. The van der Waals surface area contributed by atoms with Crippen molar-refractivity contribution in [1.29, 1.82) is 0 Å². The van der Waals surface area contributed by atoms with E-state index in [1.165, 1.54) is 0 Å². The summed E-state index contributed by atoms with van der Waals surface area (Å²) in [5.41, 5.74) is 9.29. The molecule has 0 bridgehead atoms. The maximum Gasteiger partial charge on any atom is 0.435 e. The normalized spacial score (nSPS) is 11.0. The minimum atomic E-state index is -0.775. The minimum absolute atomic E-state index is 0.00566. The zero-order valence-electron chi connectivity index (χ0n) is 13.2. The Morgan fingerprint density at radius 2 is 1.85 bits per heavy atom. The highest BCUT2D eigenvalue weighted by Gasteiger charge is 2.16. The van der Waals surface area contributed by atoms with Crippen molar-refractivity contribution in [2.24, 2.45) is 4.99 Å². The first-order valence-corrected chi connectivity index (χ1v) is 7.71. The highest BCUT2D eigenvalue weighted by Crippen LogP contribution is 2.15. The van der Waals surface area contributed by atoms with Crippen molar-refractivity contribution in [2.75, 3.05) is 11.1 Å². The molecule has 0 saturated heterocycles. The fourth-order valence-corrected chi connectivity index (χ4v) is 2.01. The lowest BCUT2D eigenvalue weighted by atomic mass is 10.3. The highest BCUT2D eigenvalue weighted by molar-refractivity contribution is 6.30. The van der Waals surface area contributed by atoms with Gasteiger partial charge in [0, 0.05) is 10.7 Å². The number of nitrogens with one attached hydrogen (secondary N) is 2. The van der Waals surface area contributed by atoms with Gasteiger partial charge in [0.2, 0.25) is 0 Å². The van der Waals surface area contributed by atoms with E-state index >= 15 is 0 Å². The van der Waals surface area contributed by atoms with Crippen molar-refractivity contribution in [3.63, 3.8) is 0 Å². The Labute approximate surface area is 152 Å². The molecule has 0 unspecified atom stereocenters. The molecule has 0 spiro atoms. The average molecular weight is 373 g/mol. The topological polar surface area (TPSA) is 128 Å². The molecule has 0 atom stereocenters. The van der Waals surface area contributed by atoms with Gasteiger partial charge in [-0.2, -0.15) is 5.48 Å². The number of hydrogen-bond acceptors (Lipinski definition) is 7.